The molecule has 7 heteroatoms. The van der Waals surface area contributed by atoms with Crippen LogP contribution in [0.1, 0.15) is 24.0 Å². The number of amides is 2. The van der Waals surface area contributed by atoms with Crippen molar-refractivity contribution in [2.45, 2.75) is 25.4 Å². The summed E-state index contributed by atoms with van der Waals surface area (Å²) in [6, 6.07) is 13.5. The highest BCUT2D eigenvalue weighted by Crippen LogP contribution is 2.29. The molecule has 1 N–H and O–H groups in total. The van der Waals surface area contributed by atoms with Gasteiger partial charge in [-0.3, -0.25) is 4.90 Å². The molecule has 0 aliphatic carbocycles. The molecule has 3 heterocycles. The third-order valence-corrected chi connectivity index (χ3v) is 5.64. The highest BCUT2D eigenvalue weighted by Gasteiger charge is 2.31. The Morgan fingerprint density at radius 2 is 2.23 bits per heavy atom. The summed E-state index contributed by atoms with van der Waals surface area (Å²) in [5.41, 5.74) is 2.48. The van der Waals surface area contributed by atoms with Crippen LogP contribution in [0.2, 0.25) is 0 Å². The van der Waals surface area contributed by atoms with Crippen LogP contribution >= 0.6 is 0 Å². The normalized spacial score (nSPS) is 16.2. The van der Waals surface area contributed by atoms with Crippen LogP contribution in [0.3, 0.4) is 0 Å². The van der Waals surface area contributed by atoms with Crippen LogP contribution in [0.15, 0.2) is 48.8 Å². The molecule has 3 aromatic rings. The minimum Gasteiger partial charge on any atom is -0.348 e. The second kappa shape index (κ2) is 8.56. The van der Waals surface area contributed by atoms with E-state index in [0.717, 1.165) is 42.4 Å². The van der Waals surface area contributed by atoms with Crippen molar-refractivity contribution >= 4 is 22.8 Å². The number of hydrogen-bond donors (Lipinski definition) is 1. The van der Waals surface area contributed by atoms with Gasteiger partial charge in [0.05, 0.1) is 23.2 Å². The maximum absolute atomic E-state index is 13.7. The van der Waals surface area contributed by atoms with Crippen LogP contribution in [0.5, 0.6) is 0 Å². The van der Waals surface area contributed by atoms with Crippen LogP contribution in [0.4, 0.5) is 10.6 Å². The summed E-state index contributed by atoms with van der Waals surface area (Å²) in [5.74, 6) is 0.691. The van der Waals surface area contributed by atoms with Crippen molar-refractivity contribution in [2.24, 2.45) is 7.05 Å². The number of nitrogens with one attached hydrogen (secondary N) is 1. The molecule has 2 amide bonds. The third-order valence-electron chi connectivity index (χ3n) is 5.64. The fourth-order valence-corrected chi connectivity index (χ4v) is 4.13. The van der Waals surface area contributed by atoms with E-state index in [0.29, 0.717) is 17.9 Å². The maximum atomic E-state index is 13.7. The Morgan fingerprint density at radius 1 is 1.37 bits per heavy atom. The standard InChI is InChI=1S/C23H26N6O/c1-27-12-9-19-8-11-26-22(21(19)27)29(20-7-4-10-25-15-20)23(30)28(2)16-18-6-3-5-17(13-18)14-24/h3,5-6,8-9,11-13,20,25H,4,7,10,15-16H2,1-2H3/t20-/m1/s1. The molecule has 1 aromatic carbocycles. The average Bonchev–Trinajstić information content (AvgIpc) is 3.16. The summed E-state index contributed by atoms with van der Waals surface area (Å²) in [6.45, 7) is 2.14. The van der Waals surface area contributed by atoms with Gasteiger partial charge in [-0.25, -0.2) is 9.78 Å². The molecule has 4 rings (SSSR count). The van der Waals surface area contributed by atoms with Crippen molar-refractivity contribution in [1.82, 2.24) is 19.8 Å². The number of nitrogens with zero attached hydrogens (tertiary/aromatic N) is 5. The molecule has 1 aliphatic rings. The van der Waals surface area contributed by atoms with E-state index in [1.54, 1.807) is 24.2 Å². The molecular formula is C23H26N6O. The van der Waals surface area contributed by atoms with Crippen LogP contribution in [0.25, 0.3) is 10.9 Å². The number of rotatable bonds is 4. The Labute approximate surface area is 176 Å². The fourth-order valence-electron chi connectivity index (χ4n) is 4.13. The molecule has 0 spiro atoms. The van der Waals surface area contributed by atoms with Crippen molar-refractivity contribution in [3.8, 4) is 6.07 Å². The van der Waals surface area contributed by atoms with Gasteiger partial charge >= 0.3 is 6.03 Å². The van der Waals surface area contributed by atoms with Gasteiger partial charge in [-0.1, -0.05) is 12.1 Å². The van der Waals surface area contributed by atoms with Gasteiger partial charge in [0.25, 0.3) is 0 Å². The maximum Gasteiger partial charge on any atom is 0.326 e. The van der Waals surface area contributed by atoms with Crippen LogP contribution < -0.4 is 10.2 Å². The highest BCUT2D eigenvalue weighted by molar-refractivity contribution is 6.00. The summed E-state index contributed by atoms with van der Waals surface area (Å²) in [6.07, 6.45) is 5.71. The zero-order valence-electron chi connectivity index (χ0n) is 17.4. The molecule has 154 valence electrons. The molecule has 0 radical (unpaired) electrons. The molecule has 30 heavy (non-hydrogen) atoms. The minimum atomic E-state index is -0.0905. The number of anilines is 1. The SMILES string of the molecule is CN(Cc1cccc(C#N)c1)C(=O)N(c1nccc2ccn(C)c12)[C@@H]1CCCNC1. The first kappa shape index (κ1) is 19.9. The number of piperidine rings is 1. The summed E-state index contributed by atoms with van der Waals surface area (Å²) in [7, 11) is 3.78. The lowest BCUT2D eigenvalue weighted by molar-refractivity contribution is 0.209. The Kier molecular flexibility index (Phi) is 5.68. The van der Waals surface area contributed by atoms with E-state index in [2.05, 4.69) is 16.4 Å². The van der Waals surface area contributed by atoms with Crippen molar-refractivity contribution in [3.63, 3.8) is 0 Å². The zero-order valence-corrected chi connectivity index (χ0v) is 17.4. The van der Waals surface area contributed by atoms with E-state index in [1.165, 1.54) is 0 Å². The second-order valence-corrected chi connectivity index (χ2v) is 7.82. The van der Waals surface area contributed by atoms with Gasteiger partial charge in [0.15, 0.2) is 5.82 Å². The first-order chi connectivity index (χ1) is 14.6. The zero-order chi connectivity index (χ0) is 21.1. The van der Waals surface area contributed by atoms with Gasteiger partial charge in [0.2, 0.25) is 0 Å². The number of urea groups is 1. The number of aryl methyl sites for hydroxylation is 1. The van der Waals surface area contributed by atoms with Crippen molar-refractivity contribution in [2.75, 3.05) is 25.0 Å². The van der Waals surface area contributed by atoms with Gasteiger partial charge in [0.1, 0.15) is 0 Å². The molecular weight excluding hydrogens is 376 g/mol. The van der Waals surface area contributed by atoms with Crippen molar-refractivity contribution < 1.29 is 4.79 Å². The first-order valence-corrected chi connectivity index (χ1v) is 10.2. The molecule has 1 saturated heterocycles. The highest BCUT2D eigenvalue weighted by atomic mass is 16.2. The quantitative estimate of drug-likeness (QED) is 0.727. The molecule has 1 aliphatic heterocycles. The van der Waals surface area contributed by atoms with Crippen molar-refractivity contribution in [1.29, 1.82) is 5.26 Å². The number of nitriles is 1. The molecule has 1 atom stereocenters. The molecule has 0 bridgehead atoms. The Hall–Kier alpha value is -3.37. The molecule has 2 aromatic heterocycles. The van der Waals surface area contributed by atoms with E-state index in [1.807, 2.05) is 53.0 Å². The lowest BCUT2D eigenvalue weighted by Crippen LogP contribution is -2.53. The van der Waals surface area contributed by atoms with Gasteiger partial charge in [-0.2, -0.15) is 5.26 Å². The Bertz CT molecular complexity index is 1090. The number of fused-ring (bicyclic) bond motifs is 1. The smallest absolute Gasteiger partial charge is 0.326 e. The van der Waals surface area contributed by atoms with Crippen LogP contribution in [-0.4, -0.2) is 46.7 Å². The molecule has 0 saturated carbocycles. The van der Waals surface area contributed by atoms with E-state index in [4.69, 9.17) is 5.26 Å². The fraction of sp³-hybridized carbons (Fsp3) is 0.348. The summed E-state index contributed by atoms with van der Waals surface area (Å²) < 4.78 is 2.02. The van der Waals surface area contributed by atoms with E-state index in [9.17, 15) is 4.79 Å². The third kappa shape index (κ3) is 3.87. The summed E-state index contributed by atoms with van der Waals surface area (Å²) in [5, 5.41) is 13.6. The number of benzene rings is 1. The van der Waals surface area contributed by atoms with Crippen LogP contribution in [-0.2, 0) is 13.6 Å². The second-order valence-electron chi connectivity index (χ2n) is 7.82. The largest absolute Gasteiger partial charge is 0.348 e. The lowest BCUT2D eigenvalue weighted by Gasteiger charge is -2.36. The Balaban J connectivity index is 1.69. The number of pyridine rings is 1. The van der Waals surface area contributed by atoms with E-state index < -0.39 is 0 Å². The minimum absolute atomic E-state index is 0.0344. The van der Waals surface area contributed by atoms with E-state index >= 15 is 0 Å². The summed E-state index contributed by atoms with van der Waals surface area (Å²) >= 11 is 0. The molecule has 7 nitrogen and oxygen atoms in total. The monoisotopic (exact) mass is 402 g/mol. The first-order valence-electron chi connectivity index (χ1n) is 10.2. The Morgan fingerprint density at radius 3 is 3.00 bits per heavy atom. The number of carbonyl (C=O) groups excluding carboxylic acids is 1. The number of hydrogen-bond acceptors (Lipinski definition) is 4. The predicted octanol–water partition coefficient (Wildman–Crippen LogP) is 3.26. The number of aromatic nitrogens is 2. The topological polar surface area (TPSA) is 77.2 Å². The van der Waals surface area contributed by atoms with E-state index in [-0.39, 0.29) is 12.1 Å². The van der Waals surface area contributed by atoms with Crippen LogP contribution in [0, 0.1) is 11.3 Å². The molecule has 1 fully saturated rings. The summed E-state index contributed by atoms with van der Waals surface area (Å²) in [4.78, 5) is 21.9. The van der Waals surface area contributed by atoms with Gasteiger partial charge in [-0.05, 0) is 49.2 Å². The van der Waals surface area contributed by atoms with Gasteiger partial charge < -0.3 is 14.8 Å². The van der Waals surface area contributed by atoms with Gasteiger partial charge in [0, 0.05) is 45.0 Å². The lowest BCUT2D eigenvalue weighted by atomic mass is 10.1. The number of carbonyl (C=O) groups is 1. The average molecular weight is 403 g/mol. The predicted molar refractivity (Wildman–Crippen MR) is 117 cm³/mol. The molecule has 0 unspecified atom stereocenters. The van der Waals surface area contributed by atoms with Gasteiger partial charge in [-0.15, -0.1) is 0 Å². The van der Waals surface area contributed by atoms with Crippen molar-refractivity contribution in [3.05, 3.63) is 59.9 Å².